The molecule has 1 atom stereocenters. The molecule has 2 rings (SSSR count). The summed E-state index contributed by atoms with van der Waals surface area (Å²) in [5.74, 6) is 0.179. The minimum absolute atomic E-state index is 0.179. The number of amides is 1. The van der Waals surface area contributed by atoms with Crippen molar-refractivity contribution in [2.45, 2.75) is 45.6 Å². The maximum atomic E-state index is 12.5. The SMILES string of the molecule is CCc1sc(C(=O)N2CCCCC2CN)cc1C. The molecule has 1 aromatic rings. The van der Waals surface area contributed by atoms with E-state index in [0.717, 1.165) is 30.7 Å². The van der Waals surface area contributed by atoms with Gasteiger partial charge in [0.2, 0.25) is 0 Å². The Kier molecular flexibility index (Phi) is 4.40. The van der Waals surface area contributed by atoms with E-state index in [1.165, 1.54) is 16.9 Å². The van der Waals surface area contributed by atoms with E-state index in [9.17, 15) is 4.79 Å². The Labute approximate surface area is 113 Å². The number of piperidine rings is 1. The first-order valence-corrected chi connectivity index (χ1v) is 7.59. The summed E-state index contributed by atoms with van der Waals surface area (Å²) in [6.07, 6.45) is 4.35. The predicted molar refractivity (Wildman–Crippen MR) is 76.2 cm³/mol. The van der Waals surface area contributed by atoms with Crippen LogP contribution in [0.25, 0.3) is 0 Å². The van der Waals surface area contributed by atoms with Crippen LogP contribution in [0.15, 0.2) is 6.07 Å². The highest BCUT2D eigenvalue weighted by atomic mass is 32.1. The molecule has 0 aliphatic carbocycles. The molecule has 0 aromatic carbocycles. The van der Waals surface area contributed by atoms with E-state index in [4.69, 9.17) is 5.73 Å². The fraction of sp³-hybridized carbons (Fsp3) is 0.643. The molecular formula is C14H22N2OS. The van der Waals surface area contributed by atoms with E-state index in [2.05, 4.69) is 13.8 Å². The lowest BCUT2D eigenvalue weighted by atomic mass is 10.0. The van der Waals surface area contributed by atoms with E-state index in [-0.39, 0.29) is 11.9 Å². The maximum Gasteiger partial charge on any atom is 0.264 e. The second kappa shape index (κ2) is 5.85. The van der Waals surface area contributed by atoms with Crippen molar-refractivity contribution in [2.24, 2.45) is 5.73 Å². The van der Waals surface area contributed by atoms with Crippen LogP contribution < -0.4 is 5.73 Å². The smallest absolute Gasteiger partial charge is 0.264 e. The van der Waals surface area contributed by atoms with Gasteiger partial charge in [-0.2, -0.15) is 0 Å². The van der Waals surface area contributed by atoms with E-state index in [1.54, 1.807) is 11.3 Å². The van der Waals surface area contributed by atoms with Gasteiger partial charge >= 0.3 is 0 Å². The average Bonchev–Trinajstić information content (AvgIpc) is 2.79. The highest BCUT2D eigenvalue weighted by Crippen LogP contribution is 2.26. The molecule has 0 radical (unpaired) electrons. The van der Waals surface area contributed by atoms with Gasteiger partial charge in [0.1, 0.15) is 0 Å². The van der Waals surface area contributed by atoms with Gasteiger partial charge in [-0.3, -0.25) is 4.79 Å². The highest BCUT2D eigenvalue weighted by molar-refractivity contribution is 7.14. The third-order valence-corrected chi connectivity index (χ3v) is 5.08. The molecule has 2 N–H and O–H groups in total. The average molecular weight is 266 g/mol. The van der Waals surface area contributed by atoms with Gasteiger partial charge < -0.3 is 10.6 Å². The van der Waals surface area contributed by atoms with Crippen LogP contribution in [0.4, 0.5) is 0 Å². The van der Waals surface area contributed by atoms with Crippen molar-refractivity contribution in [2.75, 3.05) is 13.1 Å². The van der Waals surface area contributed by atoms with Crippen molar-refractivity contribution in [3.63, 3.8) is 0 Å². The molecule has 1 unspecified atom stereocenters. The molecule has 1 saturated heterocycles. The van der Waals surface area contributed by atoms with Crippen molar-refractivity contribution >= 4 is 17.2 Å². The van der Waals surface area contributed by atoms with Gasteiger partial charge in [-0.15, -0.1) is 11.3 Å². The topological polar surface area (TPSA) is 46.3 Å². The Morgan fingerprint density at radius 2 is 2.33 bits per heavy atom. The molecule has 3 nitrogen and oxygen atoms in total. The first-order chi connectivity index (χ1) is 8.67. The fourth-order valence-electron chi connectivity index (χ4n) is 2.63. The lowest BCUT2D eigenvalue weighted by Crippen LogP contribution is -2.47. The molecule has 1 aliphatic heterocycles. The predicted octanol–water partition coefficient (Wildman–Crippen LogP) is 2.57. The lowest BCUT2D eigenvalue weighted by molar-refractivity contribution is 0.0628. The summed E-state index contributed by atoms with van der Waals surface area (Å²) in [5.41, 5.74) is 7.02. The third-order valence-electron chi connectivity index (χ3n) is 3.71. The highest BCUT2D eigenvalue weighted by Gasteiger charge is 2.27. The second-order valence-electron chi connectivity index (χ2n) is 4.95. The largest absolute Gasteiger partial charge is 0.334 e. The van der Waals surface area contributed by atoms with Gasteiger partial charge in [0, 0.05) is 24.0 Å². The molecule has 18 heavy (non-hydrogen) atoms. The first kappa shape index (κ1) is 13.6. The minimum atomic E-state index is 0.179. The zero-order valence-corrected chi connectivity index (χ0v) is 12.1. The summed E-state index contributed by atoms with van der Waals surface area (Å²) in [7, 11) is 0. The molecular weight excluding hydrogens is 244 g/mol. The van der Waals surface area contributed by atoms with Crippen LogP contribution in [0, 0.1) is 6.92 Å². The Morgan fingerprint density at radius 3 is 2.94 bits per heavy atom. The van der Waals surface area contributed by atoms with E-state index in [1.807, 2.05) is 11.0 Å². The second-order valence-corrected chi connectivity index (χ2v) is 6.09. The number of rotatable bonds is 3. The summed E-state index contributed by atoms with van der Waals surface area (Å²) in [4.78, 5) is 16.7. The van der Waals surface area contributed by atoms with Crippen molar-refractivity contribution in [3.05, 3.63) is 21.4 Å². The van der Waals surface area contributed by atoms with Gasteiger partial charge in [-0.05, 0) is 44.2 Å². The van der Waals surface area contributed by atoms with E-state index in [0.29, 0.717) is 6.54 Å². The van der Waals surface area contributed by atoms with E-state index >= 15 is 0 Å². The number of carbonyl (C=O) groups is 1. The molecule has 1 aliphatic rings. The summed E-state index contributed by atoms with van der Waals surface area (Å²) in [5, 5.41) is 0. The zero-order valence-electron chi connectivity index (χ0n) is 11.2. The Morgan fingerprint density at radius 1 is 1.56 bits per heavy atom. The molecule has 100 valence electrons. The van der Waals surface area contributed by atoms with Crippen molar-refractivity contribution in [3.8, 4) is 0 Å². The molecule has 1 fully saturated rings. The Bertz CT molecular complexity index is 427. The lowest BCUT2D eigenvalue weighted by Gasteiger charge is -2.34. The number of nitrogens with two attached hydrogens (primary N) is 1. The molecule has 2 heterocycles. The van der Waals surface area contributed by atoms with Crippen LogP contribution in [0.5, 0.6) is 0 Å². The summed E-state index contributed by atoms with van der Waals surface area (Å²) >= 11 is 1.64. The molecule has 0 spiro atoms. The van der Waals surface area contributed by atoms with Gasteiger partial charge in [-0.1, -0.05) is 6.92 Å². The minimum Gasteiger partial charge on any atom is -0.334 e. The first-order valence-electron chi connectivity index (χ1n) is 6.77. The van der Waals surface area contributed by atoms with Crippen molar-refractivity contribution in [1.29, 1.82) is 0 Å². The molecule has 1 aromatic heterocycles. The number of hydrogen-bond donors (Lipinski definition) is 1. The maximum absolute atomic E-state index is 12.5. The van der Waals surface area contributed by atoms with Crippen molar-refractivity contribution in [1.82, 2.24) is 4.90 Å². The number of aryl methyl sites for hydroxylation is 2. The van der Waals surface area contributed by atoms with Gasteiger partial charge in [0.25, 0.3) is 5.91 Å². The zero-order chi connectivity index (χ0) is 13.1. The number of nitrogens with zero attached hydrogens (tertiary/aromatic N) is 1. The Hall–Kier alpha value is -0.870. The summed E-state index contributed by atoms with van der Waals surface area (Å²) in [6.45, 7) is 5.66. The van der Waals surface area contributed by atoms with Gasteiger partial charge in [-0.25, -0.2) is 0 Å². The van der Waals surface area contributed by atoms with E-state index < -0.39 is 0 Å². The van der Waals surface area contributed by atoms with Crippen LogP contribution in [-0.4, -0.2) is 29.9 Å². The Balaban J connectivity index is 2.18. The molecule has 4 heteroatoms. The van der Waals surface area contributed by atoms with Crippen LogP contribution in [0.3, 0.4) is 0 Å². The van der Waals surface area contributed by atoms with Crippen LogP contribution >= 0.6 is 11.3 Å². The number of carbonyl (C=O) groups excluding carboxylic acids is 1. The van der Waals surface area contributed by atoms with Gasteiger partial charge in [0.05, 0.1) is 4.88 Å². The molecule has 0 saturated carbocycles. The summed E-state index contributed by atoms with van der Waals surface area (Å²) in [6, 6.07) is 2.27. The number of hydrogen-bond acceptors (Lipinski definition) is 3. The monoisotopic (exact) mass is 266 g/mol. The fourth-order valence-corrected chi connectivity index (χ4v) is 3.70. The van der Waals surface area contributed by atoms with Crippen LogP contribution in [-0.2, 0) is 6.42 Å². The van der Waals surface area contributed by atoms with Crippen molar-refractivity contribution < 1.29 is 4.79 Å². The van der Waals surface area contributed by atoms with Crippen LogP contribution in [0.1, 0.15) is 46.3 Å². The molecule has 1 amide bonds. The molecule has 0 bridgehead atoms. The third kappa shape index (κ3) is 2.59. The number of thiophene rings is 1. The summed E-state index contributed by atoms with van der Waals surface area (Å²) < 4.78 is 0. The van der Waals surface area contributed by atoms with Gasteiger partial charge in [0.15, 0.2) is 0 Å². The standard InChI is InChI=1S/C14H22N2OS/c1-3-12-10(2)8-13(18-12)14(17)16-7-5-4-6-11(16)9-15/h8,11H,3-7,9,15H2,1-2H3. The normalized spacial score (nSPS) is 20.2. The van der Waals surface area contributed by atoms with Crippen LogP contribution in [0.2, 0.25) is 0 Å². The number of likely N-dealkylation sites (tertiary alicyclic amines) is 1. The quantitative estimate of drug-likeness (QED) is 0.914.